The lowest BCUT2D eigenvalue weighted by Gasteiger charge is -2.09. The van der Waals surface area contributed by atoms with Crippen LogP contribution in [-0.2, 0) is 15.3 Å². The summed E-state index contributed by atoms with van der Waals surface area (Å²) in [5.41, 5.74) is 1.47. The molecular formula is C21H27N3O4S2. The molecule has 1 amide bonds. The van der Waals surface area contributed by atoms with Gasteiger partial charge in [0.2, 0.25) is 5.91 Å². The molecule has 162 valence electrons. The van der Waals surface area contributed by atoms with Gasteiger partial charge in [0, 0.05) is 17.5 Å². The van der Waals surface area contributed by atoms with Crippen LogP contribution < -0.4 is 10.9 Å². The van der Waals surface area contributed by atoms with E-state index in [-0.39, 0.29) is 29.1 Å². The number of carbonyl (C=O) groups is 2. The summed E-state index contributed by atoms with van der Waals surface area (Å²) in [6.07, 6.45) is 0. The van der Waals surface area contributed by atoms with Gasteiger partial charge in [-0.1, -0.05) is 39.5 Å². The first-order valence-corrected chi connectivity index (χ1v) is 11.7. The molecule has 1 aromatic carbocycles. The molecule has 0 radical (unpaired) electrons. The lowest BCUT2D eigenvalue weighted by molar-refractivity contribution is -0.113. The van der Waals surface area contributed by atoms with Gasteiger partial charge in [0.1, 0.15) is 0 Å². The average Bonchev–Trinajstić information content (AvgIpc) is 2.69. The number of H-pyrrole nitrogens is 1. The molecule has 0 fully saturated rings. The van der Waals surface area contributed by atoms with Crippen molar-refractivity contribution in [3.63, 3.8) is 0 Å². The summed E-state index contributed by atoms with van der Waals surface area (Å²) >= 11 is 2.86. The van der Waals surface area contributed by atoms with Gasteiger partial charge in [-0.2, -0.15) is 11.8 Å². The molecule has 0 atom stereocenters. The van der Waals surface area contributed by atoms with Crippen LogP contribution in [0.3, 0.4) is 0 Å². The molecule has 2 rings (SSSR count). The Labute approximate surface area is 184 Å². The second-order valence-electron chi connectivity index (χ2n) is 7.31. The first kappa shape index (κ1) is 24.0. The van der Waals surface area contributed by atoms with Crippen LogP contribution in [0.5, 0.6) is 0 Å². The number of aromatic amines is 1. The van der Waals surface area contributed by atoms with Gasteiger partial charge in [-0.25, -0.2) is 9.78 Å². The molecule has 9 heteroatoms. The van der Waals surface area contributed by atoms with Gasteiger partial charge in [-0.3, -0.25) is 9.59 Å². The first-order valence-electron chi connectivity index (χ1n) is 9.64. The van der Waals surface area contributed by atoms with Crippen molar-refractivity contribution in [1.82, 2.24) is 9.97 Å². The van der Waals surface area contributed by atoms with Gasteiger partial charge < -0.3 is 15.0 Å². The fourth-order valence-electron chi connectivity index (χ4n) is 2.22. The highest BCUT2D eigenvalue weighted by atomic mass is 32.2. The van der Waals surface area contributed by atoms with Crippen molar-refractivity contribution in [1.29, 1.82) is 0 Å². The largest absolute Gasteiger partial charge is 0.462 e. The molecule has 0 aliphatic rings. The van der Waals surface area contributed by atoms with Crippen molar-refractivity contribution in [2.75, 3.05) is 17.7 Å². The minimum atomic E-state index is -0.386. The number of aromatic nitrogens is 2. The number of hydrogen-bond donors (Lipinski definition) is 2. The van der Waals surface area contributed by atoms with Gasteiger partial charge in [-0.05, 0) is 35.4 Å². The number of carbonyl (C=O) groups excluding carboxylic acids is 2. The molecule has 2 aromatic rings. The van der Waals surface area contributed by atoms with Gasteiger partial charge in [0.05, 0.1) is 23.6 Å². The normalized spacial score (nSPS) is 11.0. The summed E-state index contributed by atoms with van der Waals surface area (Å²) in [5.74, 6) is 0.390. The van der Waals surface area contributed by atoms with Gasteiger partial charge in [0.15, 0.2) is 5.16 Å². The third-order valence-electron chi connectivity index (χ3n) is 3.63. The molecule has 0 bridgehead atoms. The van der Waals surface area contributed by atoms with Crippen LogP contribution in [0.1, 0.15) is 43.7 Å². The van der Waals surface area contributed by atoms with Crippen molar-refractivity contribution < 1.29 is 14.3 Å². The summed E-state index contributed by atoms with van der Waals surface area (Å²) in [7, 11) is 0. The van der Waals surface area contributed by atoms with E-state index in [2.05, 4.69) is 29.1 Å². The molecule has 2 N–H and O–H groups in total. The lowest BCUT2D eigenvalue weighted by Crippen LogP contribution is -2.16. The number of nitrogens with zero attached hydrogens (tertiary/aromatic N) is 1. The van der Waals surface area contributed by atoms with E-state index in [1.165, 1.54) is 17.8 Å². The zero-order chi connectivity index (χ0) is 22.1. The zero-order valence-corrected chi connectivity index (χ0v) is 19.2. The number of hydrogen-bond acceptors (Lipinski definition) is 7. The van der Waals surface area contributed by atoms with E-state index < -0.39 is 0 Å². The van der Waals surface area contributed by atoms with Gasteiger partial charge in [0.25, 0.3) is 5.56 Å². The second-order valence-corrected chi connectivity index (χ2v) is 9.84. The number of amides is 1. The fraction of sp³-hybridized carbons (Fsp3) is 0.429. The maximum absolute atomic E-state index is 12.2. The highest BCUT2D eigenvalue weighted by Gasteiger charge is 2.10. The number of esters is 1. The first-order chi connectivity index (χ1) is 14.2. The molecule has 0 unspecified atom stereocenters. The van der Waals surface area contributed by atoms with Crippen LogP contribution in [0, 0.1) is 5.92 Å². The number of rotatable bonds is 10. The molecule has 7 nitrogen and oxygen atoms in total. The van der Waals surface area contributed by atoms with Crippen LogP contribution in [0.15, 0.2) is 40.3 Å². The number of ether oxygens (including phenoxy) is 1. The Morgan fingerprint density at radius 3 is 2.50 bits per heavy atom. The second kappa shape index (κ2) is 11.8. The number of benzene rings is 1. The van der Waals surface area contributed by atoms with E-state index in [0.717, 1.165) is 0 Å². The Morgan fingerprint density at radius 2 is 1.87 bits per heavy atom. The standard InChI is InChI=1S/C21H27N3O4S2/c1-13(2)10-28-20(27)15-5-7-16(8-6-15)22-19(26)12-30-21-23-17(9-18(25)24-21)11-29-14(3)4/h5-9,13-14H,10-12H2,1-4H3,(H,22,26)(H,23,24,25). The van der Waals surface area contributed by atoms with E-state index in [9.17, 15) is 14.4 Å². The van der Waals surface area contributed by atoms with E-state index in [1.54, 1.807) is 36.0 Å². The van der Waals surface area contributed by atoms with Gasteiger partial charge in [-0.15, -0.1) is 0 Å². The molecule has 30 heavy (non-hydrogen) atoms. The minimum Gasteiger partial charge on any atom is -0.462 e. The molecule has 1 heterocycles. The maximum Gasteiger partial charge on any atom is 0.338 e. The van der Waals surface area contributed by atoms with Crippen molar-refractivity contribution in [2.45, 2.75) is 43.9 Å². The molecule has 0 saturated heterocycles. The van der Waals surface area contributed by atoms with Crippen LogP contribution in [0.4, 0.5) is 5.69 Å². The predicted octanol–water partition coefficient (Wildman–Crippen LogP) is 3.96. The van der Waals surface area contributed by atoms with Crippen molar-refractivity contribution in [3.05, 3.63) is 51.9 Å². The number of thioether (sulfide) groups is 2. The lowest BCUT2D eigenvalue weighted by atomic mass is 10.2. The SMILES string of the molecule is CC(C)COC(=O)c1ccc(NC(=O)CSc2nc(CSC(C)C)cc(=O)[nH]2)cc1. The van der Waals surface area contributed by atoms with E-state index >= 15 is 0 Å². The summed E-state index contributed by atoms with van der Waals surface area (Å²) < 4.78 is 5.18. The Balaban J connectivity index is 1.87. The van der Waals surface area contributed by atoms with E-state index in [4.69, 9.17) is 4.74 Å². The summed E-state index contributed by atoms with van der Waals surface area (Å²) in [4.78, 5) is 43.0. The molecule has 1 aromatic heterocycles. The van der Waals surface area contributed by atoms with E-state index in [0.29, 0.717) is 39.7 Å². The smallest absolute Gasteiger partial charge is 0.338 e. The Bertz CT molecular complexity index is 911. The molecule has 0 aliphatic carbocycles. The third-order valence-corrected chi connectivity index (χ3v) is 5.63. The zero-order valence-electron chi connectivity index (χ0n) is 17.6. The topological polar surface area (TPSA) is 101 Å². The number of nitrogens with one attached hydrogen (secondary N) is 2. The van der Waals surface area contributed by atoms with Crippen LogP contribution in [0.25, 0.3) is 0 Å². The Morgan fingerprint density at radius 1 is 1.17 bits per heavy atom. The maximum atomic E-state index is 12.2. The fourth-order valence-corrected chi connectivity index (χ4v) is 3.57. The monoisotopic (exact) mass is 449 g/mol. The third kappa shape index (κ3) is 8.62. The van der Waals surface area contributed by atoms with E-state index in [1.807, 2.05) is 13.8 Å². The van der Waals surface area contributed by atoms with Crippen molar-refractivity contribution in [2.24, 2.45) is 5.92 Å². The molecule has 0 spiro atoms. The quantitative estimate of drug-likeness (QED) is 0.322. The molecule has 0 aliphatic heterocycles. The Hall–Kier alpha value is -2.26. The highest BCUT2D eigenvalue weighted by molar-refractivity contribution is 7.99. The molecular weight excluding hydrogens is 422 g/mol. The predicted molar refractivity (Wildman–Crippen MR) is 122 cm³/mol. The highest BCUT2D eigenvalue weighted by Crippen LogP contribution is 2.18. The minimum absolute atomic E-state index is 0.0991. The van der Waals surface area contributed by atoms with Crippen LogP contribution >= 0.6 is 23.5 Å². The number of anilines is 1. The summed E-state index contributed by atoms with van der Waals surface area (Å²) in [6, 6.07) is 8.00. The summed E-state index contributed by atoms with van der Waals surface area (Å²) in [6.45, 7) is 8.46. The van der Waals surface area contributed by atoms with Crippen LogP contribution in [0.2, 0.25) is 0 Å². The molecule has 0 saturated carbocycles. The van der Waals surface area contributed by atoms with Gasteiger partial charge >= 0.3 is 5.97 Å². The Kier molecular flexibility index (Phi) is 9.45. The average molecular weight is 450 g/mol. The summed E-state index contributed by atoms with van der Waals surface area (Å²) in [5, 5.41) is 3.62. The van der Waals surface area contributed by atoms with Crippen molar-refractivity contribution >= 4 is 41.1 Å². The van der Waals surface area contributed by atoms with Crippen LogP contribution in [-0.4, -0.2) is 39.5 Å². The van der Waals surface area contributed by atoms with Crippen molar-refractivity contribution in [3.8, 4) is 0 Å².